The molecule has 3 aliphatic rings. The minimum Gasteiger partial charge on any atom is -0.378 e. The average Bonchev–Trinajstić information content (AvgIpc) is 3.34. The number of hydrogen-bond acceptors (Lipinski definition) is 6. The maximum atomic E-state index is 5.81. The lowest BCUT2D eigenvalue weighted by Crippen LogP contribution is -2.38. The number of rotatable bonds is 13. The molecule has 3 saturated heterocycles. The minimum absolute atomic E-state index is 0.0985. The first-order valence-electron chi connectivity index (χ1n) is 7.88. The Bertz CT molecular complexity index is 266. The van der Waals surface area contributed by atoms with Crippen LogP contribution in [0.3, 0.4) is 0 Å². The van der Waals surface area contributed by atoms with Crippen LogP contribution in [0.25, 0.3) is 0 Å². The highest BCUT2D eigenvalue weighted by atomic mass is 16.6. The number of ether oxygens (including phenoxy) is 6. The Kier molecular flexibility index (Phi) is 5.48. The van der Waals surface area contributed by atoms with Gasteiger partial charge in [-0.1, -0.05) is 6.92 Å². The Morgan fingerprint density at radius 3 is 1.33 bits per heavy atom. The van der Waals surface area contributed by atoms with Crippen LogP contribution in [0.5, 0.6) is 0 Å². The molecule has 0 spiro atoms. The predicted octanol–water partition coefficient (Wildman–Crippen LogP) is 0.629. The lowest BCUT2D eigenvalue weighted by atomic mass is 9.88. The third-order valence-electron chi connectivity index (χ3n) is 4.09. The lowest BCUT2D eigenvalue weighted by Gasteiger charge is -2.32. The standard InChI is InChI=1S/C15H26O6/c1-2-15(9-16-3-12-6-19-12,10-17-4-13-7-20-13)11-18-5-14-8-21-14/h12-14H,2-11H2,1H3/t12-,13-,14+/m1/s1. The summed E-state index contributed by atoms with van der Waals surface area (Å²) >= 11 is 0. The molecule has 0 radical (unpaired) electrons. The molecule has 0 aliphatic carbocycles. The topological polar surface area (TPSA) is 65.3 Å². The van der Waals surface area contributed by atoms with Gasteiger partial charge in [0, 0.05) is 5.41 Å². The summed E-state index contributed by atoms with van der Waals surface area (Å²) in [5, 5.41) is 0. The van der Waals surface area contributed by atoms with E-state index in [1.165, 1.54) is 0 Å². The van der Waals surface area contributed by atoms with Crippen LogP contribution in [0, 0.1) is 5.41 Å². The van der Waals surface area contributed by atoms with Gasteiger partial charge in [0.1, 0.15) is 18.3 Å². The van der Waals surface area contributed by atoms with Crippen LogP contribution < -0.4 is 0 Å². The molecule has 21 heavy (non-hydrogen) atoms. The first-order valence-corrected chi connectivity index (χ1v) is 7.88. The Balaban J connectivity index is 1.41. The third kappa shape index (κ3) is 5.81. The molecule has 3 atom stereocenters. The highest BCUT2D eigenvalue weighted by Crippen LogP contribution is 2.26. The summed E-state index contributed by atoms with van der Waals surface area (Å²) in [5.74, 6) is 0. The molecule has 3 aliphatic heterocycles. The van der Waals surface area contributed by atoms with Gasteiger partial charge in [0.05, 0.1) is 59.5 Å². The Morgan fingerprint density at radius 2 is 1.10 bits per heavy atom. The Morgan fingerprint density at radius 1 is 0.762 bits per heavy atom. The number of epoxide rings is 3. The largest absolute Gasteiger partial charge is 0.378 e. The van der Waals surface area contributed by atoms with Gasteiger partial charge >= 0.3 is 0 Å². The zero-order valence-electron chi connectivity index (χ0n) is 12.8. The summed E-state index contributed by atoms with van der Waals surface area (Å²) in [7, 11) is 0. The summed E-state index contributed by atoms with van der Waals surface area (Å²) in [5.41, 5.74) is -0.0985. The van der Waals surface area contributed by atoms with E-state index in [0.717, 1.165) is 26.2 Å². The normalized spacial score (nSPS) is 30.4. The van der Waals surface area contributed by atoms with Gasteiger partial charge in [-0.05, 0) is 6.42 Å². The van der Waals surface area contributed by atoms with Gasteiger partial charge in [0.15, 0.2) is 0 Å². The van der Waals surface area contributed by atoms with E-state index < -0.39 is 0 Å². The zero-order valence-corrected chi connectivity index (χ0v) is 12.8. The fraction of sp³-hybridized carbons (Fsp3) is 1.00. The van der Waals surface area contributed by atoms with Crippen molar-refractivity contribution in [3.8, 4) is 0 Å². The molecular weight excluding hydrogens is 276 g/mol. The first-order chi connectivity index (χ1) is 10.3. The molecule has 0 aromatic rings. The van der Waals surface area contributed by atoms with Gasteiger partial charge in [-0.2, -0.15) is 0 Å². The van der Waals surface area contributed by atoms with E-state index in [1.807, 2.05) is 0 Å². The van der Waals surface area contributed by atoms with Crippen molar-refractivity contribution in [2.75, 3.05) is 59.5 Å². The lowest BCUT2D eigenvalue weighted by molar-refractivity contribution is -0.0762. The van der Waals surface area contributed by atoms with Crippen molar-refractivity contribution in [2.24, 2.45) is 5.41 Å². The van der Waals surface area contributed by atoms with Crippen LogP contribution in [-0.2, 0) is 28.4 Å². The molecule has 0 saturated carbocycles. The first kappa shape index (κ1) is 15.6. The van der Waals surface area contributed by atoms with Crippen molar-refractivity contribution in [3.63, 3.8) is 0 Å². The van der Waals surface area contributed by atoms with Crippen LogP contribution >= 0.6 is 0 Å². The van der Waals surface area contributed by atoms with Crippen LogP contribution in [0.1, 0.15) is 13.3 Å². The van der Waals surface area contributed by atoms with E-state index in [-0.39, 0.29) is 5.41 Å². The van der Waals surface area contributed by atoms with Gasteiger partial charge in [0.25, 0.3) is 0 Å². The SMILES string of the molecule is CCC(COC[C@@H]1CO1)(COC[C@@H]1CO1)COC[C@H]1CO1. The summed E-state index contributed by atoms with van der Waals surface area (Å²) in [6.45, 7) is 8.54. The van der Waals surface area contributed by atoms with Crippen molar-refractivity contribution in [1.29, 1.82) is 0 Å². The molecule has 0 unspecified atom stereocenters. The summed E-state index contributed by atoms with van der Waals surface area (Å²) in [6, 6.07) is 0. The van der Waals surface area contributed by atoms with Crippen LogP contribution in [0.2, 0.25) is 0 Å². The van der Waals surface area contributed by atoms with E-state index in [2.05, 4.69) is 6.92 Å². The monoisotopic (exact) mass is 302 g/mol. The Labute approximate surface area is 126 Å². The minimum atomic E-state index is -0.0985. The third-order valence-corrected chi connectivity index (χ3v) is 4.09. The van der Waals surface area contributed by atoms with E-state index in [1.54, 1.807) is 0 Å². The van der Waals surface area contributed by atoms with E-state index in [4.69, 9.17) is 28.4 Å². The highest BCUT2D eigenvalue weighted by molar-refractivity contribution is 4.80. The van der Waals surface area contributed by atoms with E-state index >= 15 is 0 Å². The summed E-state index contributed by atoms with van der Waals surface area (Å²) in [4.78, 5) is 0. The molecule has 3 heterocycles. The molecule has 0 bridgehead atoms. The van der Waals surface area contributed by atoms with Gasteiger partial charge < -0.3 is 28.4 Å². The molecule has 0 amide bonds. The smallest absolute Gasteiger partial charge is 0.104 e. The van der Waals surface area contributed by atoms with Crippen LogP contribution in [0.15, 0.2) is 0 Å². The van der Waals surface area contributed by atoms with Gasteiger partial charge in [-0.25, -0.2) is 0 Å². The van der Waals surface area contributed by atoms with Gasteiger partial charge in [-0.3, -0.25) is 0 Å². The molecule has 0 aromatic carbocycles. The predicted molar refractivity (Wildman–Crippen MR) is 74.4 cm³/mol. The summed E-state index contributed by atoms with van der Waals surface area (Å²) in [6.07, 6.45) is 1.83. The molecule has 122 valence electrons. The molecule has 6 nitrogen and oxygen atoms in total. The second-order valence-electron chi connectivity index (χ2n) is 6.26. The second kappa shape index (κ2) is 7.35. The molecule has 0 aromatic heterocycles. The highest BCUT2D eigenvalue weighted by Gasteiger charge is 2.34. The van der Waals surface area contributed by atoms with Crippen molar-refractivity contribution in [2.45, 2.75) is 31.7 Å². The van der Waals surface area contributed by atoms with Gasteiger partial charge in [0.2, 0.25) is 0 Å². The quantitative estimate of drug-likeness (QED) is 0.465. The zero-order chi connectivity index (χ0) is 14.5. The fourth-order valence-electron chi connectivity index (χ4n) is 2.14. The van der Waals surface area contributed by atoms with Crippen molar-refractivity contribution in [3.05, 3.63) is 0 Å². The molecule has 3 fully saturated rings. The van der Waals surface area contributed by atoms with Crippen molar-refractivity contribution in [1.82, 2.24) is 0 Å². The maximum absolute atomic E-state index is 5.81. The van der Waals surface area contributed by atoms with Crippen LogP contribution in [0.4, 0.5) is 0 Å². The van der Waals surface area contributed by atoms with Gasteiger partial charge in [-0.15, -0.1) is 0 Å². The van der Waals surface area contributed by atoms with Crippen LogP contribution in [-0.4, -0.2) is 77.8 Å². The molecular formula is C15H26O6. The fourth-order valence-corrected chi connectivity index (χ4v) is 2.14. The van der Waals surface area contributed by atoms with E-state index in [9.17, 15) is 0 Å². The molecule has 3 rings (SSSR count). The number of hydrogen-bond donors (Lipinski definition) is 0. The van der Waals surface area contributed by atoms with Crippen molar-refractivity contribution < 1.29 is 28.4 Å². The van der Waals surface area contributed by atoms with E-state index in [0.29, 0.717) is 58.0 Å². The van der Waals surface area contributed by atoms with Crippen molar-refractivity contribution >= 4 is 0 Å². The molecule has 0 N–H and O–H groups in total. The average molecular weight is 302 g/mol. The summed E-state index contributed by atoms with van der Waals surface area (Å²) < 4.78 is 33.0. The maximum Gasteiger partial charge on any atom is 0.104 e. The second-order valence-corrected chi connectivity index (χ2v) is 6.26. The Hall–Kier alpha value is -0.240. The molecule has 6 heteroatoms.